The Morgan fingerprint density at radius 1 is 1.08 bits per heavy atom. The average Bonchev–Trinajstić information content (AvgIpc) is 3.44. The molecule has 1 fully saturated rings. The number of hydrogen-bond donors (Lipinski definition) is 3. The molecule has 1 atom stereocenters. The van der Waals surface area contributed by atoms with Gasteiger partial charge in [-0.3, -0.25) is 4.79 Å². The van der Waals surface area contributed by atoms with Gasteiger partial charge in [0.1, 0.15) is 0 Å². The highest BCUT2D eigenvalue weighted by Gasteiger charge is 2.23. The topological polar surface area (TPSA) is 70.2 Å². The number of urea groups is 1. The summed E-state index contributed by atoms with van der Waals surface area (Å²) in [6, 6.07) is 17.1. The van der Waals surface area contributed by atoms with Crippen molar-refractivity contribution >= 4 is 17.6 Å². The highest BCUT2D eigenvalue weighted by atomic mass is 16.2. The van der Waals surface area contributed by atoms with E-state index in [2.05, 4.69) is 22.9 Å². The molecule has 0 bridgehead atoms. The maximum Gasteiger partial charge on any atom is 0.319 e. The first kappa shape index (κ1) is 17.0. The fraction of sp³-hybridized carbons (Fsp3) is 0.300. The highest BCUT2D eigenvalue weighted by molar-refractivity contribution is 5.97. The Hall–Kier alpha value is -2.82. The van der Waals surface area contributed by atoms with Gasteiger partial charge in [-0.1, -0.05) is 43.3 Å². The second kappa shape index (κ2) is 7.83. The summed E-state index contributed by atoms with van der Waals surface area (Å²) in [6.07, 6.45) is 2.09. The summed E-state index contributed by atoms with van der Waals surface area (Å²) in [6.45, 7) is 2.61. The summed E-state index contributed by atoms with van der Waals surface area (Å²) in [7, 11) is 0. The lowest BCUT2D eigenvalue weighted by molar-refractivity contribution is 0.0951. The molecule has 0 saturated heterocycles. The largest absolute Gasteiger partial charge is 0.349 e. The van der Waals surface area contributed by atoms with Gasteiger partial charge in [-0.05, 0) is 42.5 Å². The summed E-state index contributed by atoms with van der Waals surface area (Å²) in [5, 5.41) is 8.59. The standard InChI is InChI=1S/C20H23N3O2/c1-14(15-6-3-2-4-7-15)13-21-20(25)23-18-9-5-8-16(12-18)19(24)22-17-10-11-17/h2-9,12,14,17H,10-11,13H2,1H3,(H,22,24)(H2,21,23,25). The summed E-state index contributed by atoms with van der Waals surface area (Å²) in [5.41, 5.74) is 2.34. The van der Waals surface area contributed by atoms with Gasteiger partial charge >= 0.3 is 6.03 Å². The summed E-state index contributed by atoms with van der Waals surface area (Å²) in [5.74, 6) is 0.131. The molecule has 1 saturated carbocycles. The van der Waals surface area contributed by atoms with Crippen LogP contribution in [0.4, 0.5) is 10.5 Å². The number of rotatable bonds is 6. The molecule has 25 heavy (non-hydrogen) atoms. The summed E-state index contributed by atoms with van der Waals surface area (Å²) < 4.78 is 0. The molecule has 0 heterocycles. The number of anilines is 1. The third kappa shape index (κ3) is 5.08. The predicted octanol–water partition coefficient (Wildman–Crippen LogP) is 3.50. The van der Waals surface area contributed by atoms with E-state index in [0.29, 0.717) is 23.8 Å². The first-order chi connectivity index (χ1) is 12.1. The molecular formula is C20H23N3O2. The van der Waals surface area contributed by atoms with Crippen LogP contribution in [0.5, 0.6) is 0 Å². The molecule has 2 aromatic rings. The van der Waals surface area contributed by atoms with Gasteiger partial charge in [-0.2, -0.15) is 0 Å². The smallest absolute Gasteiger partial charge is 0.319 e. The van der Waals surface area contributed by atoms with Crippen molar-refractivity contribution in [2.45, 2.75) is 31.7 Å². The molecule has 5 heteroatoms. The minimum Gasteiger partial charge on any atom is -0.349 e. The van der Waals surface area contributed by atoms with E-state index in [0.717, 1.165) is 12.8 Å². The van der Waals surface area contributed by atoms with Crippen molar-refractivity contribution in [1.82, 2.24) is 10.6 Å². The van der Waals surface area contributed by atoms with Gasteiger partial charge in [-0.25, -0.2) is 4.79 Å². The van der Waals surface area contributed by atoms with Crippen molar-refractivity contribution in [3.63, 3.8) is 0 Å². The second-order valence-electron chi connectivity index (χ2n) is 6.48. The molecule has 3 rings (SSSR count). The van der Waals surface area contributed by atoms with Crippen LogP contribution >= 0.6 is 0 Å². The first-order valence-corrected chi connectivity index (χ1v) is 8.62. The van der Waals surface area contributed by atoms with Gasteiger partial charge in [0.25, 0.3) is 5.91 Å². The molecule has 3 N–H and O–H groups in total. The molecule has 5 nitrogen and oxygen atoms in total. The van der Waals surface area contributed by atoms with Crippen LogP contribution in [-0.4, -0.2) is 24.5 Å². The van der Waals surface area contributed by atoms with Crippen molar-refractivity contribution in [2.75, 3.05) is 11.9 Å². The normalized spacial score (nSPS) is 14.4. The number of carbonyl (C=O) groups excluding carboxylic acids is 2. The molecule has 1 aliphatic rings. The van der Waals surface area contributed by atoms with Crippen molar-refractivity contribution in [1.29, 1.82) is 0 Å². The lowest BCUT2D eigenvalue weighted by atomic mass is 10.0. The molecule has 2 aromatic carbocycles. The van der Waals surface area contributed by atoms with Gasteiger partial charge in [0.2, 0.25) is 0 Å². The lowest BCUT2D eigenvalue weighted by Gasteiger charge is -2.14. The molecule has 0 radical (unpaired) electrons. The Bertz CT molecular complexity index is 742. The minimum atomic E-state index is -0.275. The Morgan fingerprint density at radius 2 is 1.84 bits per heavy atom. The van der Waals surface area contributed by atoms with E-state index in [-0.39, 0.29) is 17.9 Å². The zero-order valence-electron chi connectivity index (χ0n) is 14.3. The Labute approximate surface area is 147 Å². The van der Waals surface area contributed by atoms with Crippen LogP contribution < -0.4 is 16.0 Å². The van der Waals surface area contributed by atoms with E-state index in [1.54, 1.807) is 24.3 Å². The fourth-order valence-corrected chi connectivity index (χ4v) is 2.56. The number of hydrogen-bond acceptors (Lipinski definition) is 2. The molecule has 130 valence electrons. The number of nitrogens with one attached hydrogen (secondary N) is 3. The zero-order valence-corrected chi connectivity index (χ0v) is 14.3. The SMILES string of the molecule is CC(CNC(=O)Nc1cccc(C(=O)NC2CC2)c1)c1ccccc1. The van der Waals surface area contributed by atoms with Gasteiger partial charge in [0.15, 0.2) is 0 Å². The van der Waals surface area contributed by atoms with Crippen LogP contribution in [0.3, 0.4) is 0 Å². The van der Waals surface area contributed by atoms with Crippen molar-refractivity contribution in [2.24, 2.45) is 0 Å². The molecule has 1 aliphatic carbocycles. The third-order valence-electron chi connectivity index (χ3n) is 4.23. The molecular weight excluding hydrogens is 314 g/mol. The molecule has 1 unspecified atom stereocenters. The van der Waals surface area contributed by atoms with E-state index >= 15 is 0 Å². The third-order valence-corrected chi connectivity index (χ3v) is 4.23. The van der Waals surface area contributed by atoms with E-state index < -0.39 is 0 Å². The Kier molecular flexibility index (Phi) is 5.33. The molecule has 3 amide bonds. The monoisotopic (exact) mass is 337 g/mol. The van der Waals surface area contributed by atoms with E-state index in [4.69, 9.17) is 0 Å². The number of carbonyl (C=O) groups is 2. The van der Waals surface area contributed by atoms with Crippen LogP contribution in [0, 0.1) is 0 Å². The Morgan fingerprint density at radius 3 is 2.56 bits per heavy atom. The van der Waals surface area contributed by atoms with Gasteiger partial charge in [-0.15, -0.1) is 0 Å². The first-order valence-electron chi connectivity index (χ1n) is 8.62. The average molecular weight is 337 g/mol. The highest BCUT2D eigenvalue weighted by Crippen LogP contribution is 2.20. The summed E-state index contributed by atoms with van der Waals surface area (Å²) in [4.78, 5) is 24.2. The van der Waals surface area contributed by atoms with Gasteiger partial charge in [0, 0.05) is 23.8 Å². The maximum atomic E-state index is 12.1. The Balaban J connectivity index is 1.51. The molecule has 0 spiro atoms. The molecule has 0 aromatic heterocycles. The number of benzene rings is 2. The van der Waals surface area contributed by atoms with Gasteiger partial charge in [0.05, 0.1) is 0 Å². The van der Waals surface area contributed by atoms with E-state index in [9.17, 15) is 9.59 Å². The van der Waals surface area contributed by atoms with Crippen molar-refractivity contribution < 1.29 is 9.59 Å². The van der Waals surface area contributed by atoms with E-state index in [1.807, 2.05) is 30.3 Å². The van der Waals surface area contributed by atoms with Crippen LogP contribution in [0.2, 0.25) is 0 Å². The predicted molar refractivity (Wildman–Crippen MR) is 98.8 cm³/mol. The van der Waals surface area contributed by atoms with E-state index in [1.165, 1.54) is 5.56 Å². The van der Waals surface area contributed by atoms with Crippen LogP contribution in [-0.2, 0) is 0 Å². The molecule has 0 aliphatic heterocycles. The van der Waals surface area contributed by atoms with Crippen LogP contribution in [0.1, 0.15) is 41.6 Å². The lowest BCUT2D eigenvalue weighted by Crippen LogP contribution is -2.32. The minimum absolute atomic E-state index is 0.0933. The van der Waals surface area contributed by atoms with Crippen LogP contribution in [0.15, 0.2) is 54.6 Å². The fourth-order valence-electron chi connectivity index (χ4n) is 2.56. The number of amides is 3. The van der Waals surface area contributed by atoms with Crippen molar-refractivity contribution in [3.05, 3.63) is 65.7 Å². The van der Waals surface area contributed by atoms with Crippen molar-refractivity contribution in [3.8, 4) is 0 Å². The quantitative estimate of drug-likeness (QED) is 0.755. The van der Waals surface area contributed by atoms with Crippen LogP contribution in [0.25, 0.3) is 0 Å². The van der Waals surface area contributed by atoms with Gasteiger partial charge < -0.3 is 16.0 Å². The maximum absolute atomic E-state index is 12.1. The summed E-state index contributed by atoms with van der Waals surface area (Å²) >= 11 is 0. The second-order valence-corrected chi connectivity index (χ2v) is 6.48. The zero-order chi connectivity index (χ0) is 17.6.